The van der Waals surface area contributed by atoms with E-state index in [1.165, 1.54) is 5.56 Å². The third kappa shape index (κ3) is 5.53. The molecule has 212 valence electrons. The van der Waals surface area contributed by atoms with Crippen LogP contribution >= 0.6 is 0 Å². The van der Waals surface area contributed by atoms with Crippen LogP contribution in [0.2, 0.25) is 0 Å². The first-order valence-corrected chi connectivity index (χ1v) is 14.7. The zero-order valence-electron chi connectivity index (χ0n) is 24.0. The SMILES string of the molecule is N#CC[C@H]1CN(Cc2ccccc2)CN1C(=O)C1=CC=CC=CN1C(c1ccccc1)(c1ccccc1)c1ccccc1. The van der Waals surface area contributed by atoms with Crippen LogP contribution in [0.4, 0.5) is 0 Å². The summed E-state index contributed by atoms with van der Waals surface area (Å²) in [6.07, 6.45) is 10.1. The Hall–Kier alpha value is -5.18. The second-order valence-electron chi connectivity index (χ2n) is 10.9. The minimum Gasteiger partial charge on any atom is -0.325 e. The first kappa shape index (κ1) is 28.0. The van der Waals surface area contributed by atoms with Gasteiger partial charge >= 0.3 is 0 Å². The van der Waals surface area contributed by atoms with Crippen molar-refractivity contribution >= 4 is 5.91 Å². The van der Waals surface area contributed by atoms with Crippen molar-refractivity contribution in [2.45, 2.75) is 24.5 Å². The van der Waals surface area contributed by atoms with Gasteiger partial charge in [0.2, 0.25) is 0 Å². The molecule has 0 spiro atoms. The summed E-state index contributed by atoms with van der Waals surface area (Å²) < 4.78 is 0. The number of amides is 1. The molecule has 2 heterocycles. The molecule has 0 N–H and O–H groups in total. The van der Waals surface area contributed by atoms with Crippen LogP contribution < -0.4 is 0 Å². The van der Waals surface area contributed by atoms with Gasteiger partial charge < -0.3 is 9.80 Å². The van der Waals surface area contributed by atoms with Gasteiger partial charge in [-0.05, 0) is 34.4 Å². The highest BCUT2D eigenvalue weighted by Gasteiger charge is 2.46. The van der Waals surface area contributed by atoms with E-state index in [2.05, 4.69) is 64.4 Å². The van der Waals surface area contributed by atoms with Crippen LogP contribution in [0.15, 0.2) is 158 Å². The first-order valence-electron chi connectivity index (χ1n) is 14.7. The molecule has 5 heteroatoms. The van der Waals surface area contributed by atoms with Crippen molar-refractivity contribution in [1.82, 2.24) is 14.7 Å². The summed E-state index contributed by atoms with van der Waals surface area (Å²) in [5.41, 5.74) is 4.01. The number of allylic oxidation sites excluding steroid dienone is 4. The maximum absolute atomic E-state index is 14.8. The number of carbonyl (C=O) groups is 1. The van der Waals surface area contributed by atoms with E-state index in [-0.39, 0.29) is 18.4 Å². The van der Waals surface area contributed by atoms with Crippen molar-refractivity contribution in [3.05, 3.63) is 180 Å². The van der Waals surface area contributed by atoms with Gasteiger partial charge in [-0.25, -0.2) is 0 Å². The minimum absolute atomic E-state index is 0.0980. The number of hydrogen-bond donors (Lipinski definition) is 0. The Labute approximate surface area is 253 Å². The fraction of sp³-hybridized carbons (Fsp3) is 0.158. The molecule has 2 aliphatic heterocycles. The molecule has 0 aromatic heterocycles. The zero-order chi connectivity index (χ0) is 29.5. The lowest BCUT2D eigenvalue weighted by atomic mass is 9.75. The number of nitrogens with zero attached hydrogens (tertiary/aromatic N) is 4. The topological polar surface area (TPSA) is 50.6 Å². The Kier molecular flexibility index (Phi) is 8.31. The quantitative estimate of drug-likeness (QED) is 0.221. The Bertz CT molecular complexity index is 1560. The fourth-order valence-electron chi connectivity index (χ4n) is 6.33. The molecule has 0 saturated carbocycles. The molecule has 4 aromatic rings. The molecule has 1 fully saturated rings. The summed E-state index contributed by atoms with van der Waals surface area (Å²) in [5, 5.41) is 9.73. The van der Waals surface area contributed by atoms with E-state index in [0.29, 0.717) is 18.9 Å². The number of nitriles is 1. The molecule has 4 aromatic carbocycles. The van der Waals surface area contributed by atoms with Crippen LogP contribution in [0.1, 0.15) is 28.7 Å². The van der Waals surface area contributed by atoms with Crippen LogP contribution in [0.25, 0.3) is 0 Å². The second kappa shape index (κ2) is 12.8. The van der Waals surface area contributed by atoms with Gasteiger partial charge in [-0.15, -0.1) is 0 Å². The number of benzene rings is 4. The Morgan fingerprint density at radius 1 is 0.744 bits per heavy atom. The largest absolute Gasteiger partial charge is 0.325 e. The van der Waals surface area contributed by atoms with E-state index in [0.717, 1.165) is 23.2 Å². The average Bonchev–Trinajstić information content (AvgIpc) is 3.29. The van der Waals surface area contributed by atoms with Crippen LogP contribution in [0, 0.1) is 11.3 Å². The van der Waals surface area contributed by atoms with E-state index in [1.807, 2.05) is 108 Å². The standard InChI is InChI=1S/C38H34N4O/c39-26-25-35-29-40(28-31-16-6-1-7-17-31)30-41(35)37(43)36-24-14-5-15-27-42(36)38(32-18-8-2-9-19-32,33-20-10-3-11-21-33)34-22-12-4-13-23-34/h1-24,27,35H,25,28-30H2/t35-/m0/s1. The van der Waals surface area contributed by atoms with E-state index in [1.54, 1.807) is 0 Å². The maximum Gasteiger partial charge on any atom is 0.271 e. The molecule has 1 amide bonds. The summed E-state index contributed by atoms with van der Waals surface area (Å²) in [6, 6.07) is 43.5. The third-order valence-corrected chi connectivity index (χ3v) is 8.23. The third-order valence-electron chi connectivity index (χ3n) is 8.23. The van der Waals surface area contributed by atoms with Crippen molar-refractivity contribution in [3.63, 3.8) is 0 Å². The van der Waals surface area contributed by atoms with Crippen LogP contribution in [-0.4, -0.2) is 39.9 Å². The number of carbonyl (C=O) groups excluding carboxylic acids is 1. The van der Waals surface area contributed by atoms with Crippen molar-refractivity contribution in [2.24, 2.45) is 0 Å². The molecule has 2 aliphatic rings. The smallest absolute Gasteiger partial charge is 0.271 e. The van der Waals surface area contributed by atoms with Crippen molar-refractivity contribution in [2.75, 3.05) is 13.2 Å². The molecule has 1 atom stereocenters. The Balaban J connectivity index is 1.47. The van der Waals surface area contributed by atoms with Crippen molar-refractivity contribution in [1.29, 1.82) is 5.26 Å². The highest BCUT2D eigenvalue weighted by atomic mass is 16.2. The van der Waals surface area contributed by atoms with Gasteiger partial charge in [0.15, 0.2) is 0 Å². The van der Waals surface area contributed by atoms with Crippen molar-refractivity contribution < 1.29 is 4.79 Å². The zero-order valence-corrected chi connectivity index (χ0v) is 24.0. The van der Waals surface area contributed by atoms with E-state index in [9.17, 15) is 10.1 Å². The molecule has 5 nitrogen and oxygen atoms in total. The molecule has 43 heavy (non-hydrogen) atoms. The maximum atomic E-state index is 14.8. The van der Waals surface area contributed by atoms with Crippen molar-refractivity contribution in [3.8, 4) is 6.07 Å². The molecule has 0 aliphatic carbocycles. The Morgan fingerprint density at radius 2 is 1.28 bits per heavy atom. The molecule has 6 rings (SSSR count). The molecular weight excluding hydrogens is 528 g/mol. The van der Waals surface area contributed by atoms with Gasteiger partial charge in [-0.1, -0.05) is 133 Å². The lowest BCUT2D eigenvalue weighted by Gasteiger charge is -2.46. The fourth-order valence-corrected chi connectivity index (χ4v) is 6.33. The summed E-state index contributed by atoms with van der Waals surface area (Å²) in [7, 11) is 0. The molecule has 0 bridgehead atoms. The molecule has 1 saturated heterocycles. The Morgan fingerprint density at radius 3 is 1.81 bits per heavy atom. The predicted molar refractivity (Wildman–Crippen MR) is 170 cm³/mol. The van der Waals surface area contributed by atoms with Gasteiger partial charge in [0.25, 0.3) is 5.91 Å². The lowest BCUT2D eigenvalue weighted by molar-refractivity contribution is -0.130. The molecule has 0 unspecified atom stereocenters. The number of rotatable bonds is 8. The van der Waals surface area contributed by atoms with Crippen LogP contribution in [0.3, 0.4) is 0 Å². The lowest BCUT2D eigenvalue weighted by Crippen LogP contribution is -2.49. The van der Waals surface area contributed by atoms with Gasteiger partial charge in [-0.2, -0.15) is 5.26 Å². The summed E-state index contributed by atoms with van der Waals surface area (Å²) in [5.74, 6) is -0.0980. The van der Waals surface area contributed by atoms with E-state index >= 15 is 0 Å². The molecule has 0 radical (unpaired) electrons. The van der Waals surface area contributed by atoms with Gasteiger partial charge in [0, 0.05) is 19.3 Å². The molecular formula is C38H34N4O. The average molecular weight is 563 g/mol. The monoisotopic (exact) mass is 562 g/mol. The summed E-state index contributed by atoms with van der Waals surface area (Å²) >= 11 is 0. The van der Waals surface area contributed by atoms with E-state index < -0.39 is 5.54 Å². The number of hydrogen-bond acceptors (Lipinski definition) is 4. The summed E-state index contributed by atoms with van der Waals surface area (Å²) in [4.78, 5) is 21.1. The van der Waals surface area contributed by atoms with Gasteiger partial charge in [-0.3, -0.25) is 9.69 Å². The van der Waals surface area contributed by atoms with Gasteiger partial charge in [0.05, 0.1) is 25.2 Å². The predicted octanol–water partition coefficient (Wildman–Crippen LogP) is 6.83. The van der Waals surface area contributed by atoms with Gasteiger partial charge in [0.1, 0.15) is 11.2 Å². The van der Waals surface area contributed by atoms with E-state index in [4.69, 9.17) is 0 Å². The summed E-state index contributed by atoms with van der Waals surface area (Å²) in [6.45, 7) is 1.82. The van der Waals surface area contributed by atoms with Crippen LogP contribution in [0.5, 0.6) is 0 Å². The minimum atomic E-state index is -0.845. The first-order chi connectivity index (χ1) is 21.2. The highest BCUT2D eigenvalue weighted by molar-refractivity contribution is 5.94. The highest BCUT2D eigenvalue weighted by Crippen LogP contribution is 2.45. The van der Waals surface area contributed by atoms with Crippen LogP contribution in [-0.2, 0) is 16.9 Å². The normalized spacial score (nSPS) is 16.9. The second-order valence-corrected chi connectivity index (χ2v) is 10.9.